The molecule has 0 bridgehead atoms. The molecule has 2 N–H and O–H groups in total. The zero-order valence-electron chi connectivity index (χ0n) is 13.4. The summed E-state index contributed by atoms with van der Waals surface area (Å²) in [5, 5.41) is 2.78. The van der Waals surface area contributed by atoms with Crippen molar-refractivity contribution in [2.45, 2.75) is 18.7 Å². The molecule has 0 aliphatic carbocycles. The molecule has 0 unspecified atom stereocenters. The SMILES string of the molecule is CC(C)CNC(=O)c1ccc(NS(=O)(=O)c2ccc(F)cc2)cc1. The monoisotopic (exact) mass is 350 g/mol. The molecule has 7 heteroatoms. The molecule has 0 radical (unpaired) electrons. The average molecular weight is 350 g/mol. The van der Waals surface area contributed by atoms with Crippen molar-refractivity contribution in [2.75, 3.05) is 11.3 Å². The maximum atomic E-state index is 12.9. The Hall–Kier alpha value is -2.41. The number of sulfonamides is 1. The van der Waals surface area contributed by atoms with E-state index in [1.165, 1.54) is 36.4 Å². The highest BCUT2D eigenvalue weighted by Gasteiger charge is 2.14. The Morgan fingerprint density at radius 1 is 1.04 bits per heavy atom. The molecule has 0 atom stereocenters. The van der Waals surface area contributed by atoms with E-state index in [4.69, 9.17) is 0 Å². The van der Waals surface area contributed by atoms with E-state index in [-0.39, 0.29) is 10.8 Å². The van der Waals surface area contributed by atoms with Gasteiger partial charge in [0.1, 0.15) is 5.82 Å². The summed E-state index contributed by atoms with van der Waals surface area (Å²) in [5.41, 5.74) is 0.764. The standard InChI is InChI=1S/C17H19FN2O3S/c1-12(2)11-19-17(21)13-3-7-15(8-4-13)20-24(22,23)16-9-5-14(18)6-10-16/h3-10,12,20H,11H2,1-2H3,(H,19,21). The van der Waals surface area contributed by atoms with E-state index < -0.39 is 15.8 Å². The third-order valence-electron chi connectivity index (χ3n) is 3.19. The maximum Gasteiger partial charge on any atom is 0.261 e. The van der Waals surface area contributed by atoms with Gasteiger partial charge in [-0.05, 0) is 54.4 Å². The molecule has 2 rings (SSSR count). The number of carbonyl (C=O) groups is 1. The molecular formula is C17H19FN2O3S. The van der Waals surface area contributed by atoms with Crippen LogP contribution >= 0.6 is 0 Å². The number of benzene rings is 2. The molecule has 0 aliphatic rings. The molecule has 0 saturated heterocycles. The number of hydrogen-bond donors (Lipinski definition) is 2. The van der Waals surface area contributed by atoms with Gasteiger partial charge in [-0.25, -0.2) is 12.8 Å². The molecule has 0 aliphatic heterocycles. The van der Waals surface area contributed by atoms with Gasteiger partial charge in [-0.15, -0.1) is 0 Å². The van der Waals surface area contributed by atoms with Crippen LogP contribution in [0.5, 0.6) is 0 Å². The Labute approximate surface area is 141 Å². The minimum absolute atomic E-state index is 0.0392. The van der Waals surface area contributed by atoms with Crippen LogP contribution in [-0.2, 0) is 10.0 Å². The van der Waals surface area contributed by atoms with E-state index in [0.717, 1.165) is 12.1 Å². The summed E-state index contributed by atoms with van der Waals surface area (Å²) < 4.78 is 39.7. The molecular weight excluding hydrogens is 331 g/mol. The van der Waals surface area contributed by atoms with Crippen LogP contribution < -0.4 is 10.0 Å². The second-order valence-electron chi connectivity index (χ2n) is 5.74. The van der Waals surface area contributed by atoms with Gasteiger partial charge >= 0.3 is 0 Å². The maximum absolute atomic E-state index is 12.9. The fraction of sp³-hybridized carbons (Fsp3) is 0.235. The fourth-order valence-electron chi connectivity index (χ4n) is 1.92. The molecule has 0 saturated carbocycles. The first-order chi connectivity index (χ1) is 11.3. The van der Waals surface area contributed by atoms with Gasteiger partial charge < -0.3 is 5.32 Å². The van der Waals surface area contributed by atoms with Crippen molar-refractivity contribution in [3.05, 3.63) is 59.9 Å². The van der Waals surface area contributed by atoms with Crippen molar-refractivity contribution in [2.24, 2.45) is 5.92 Å². The quantitative estimate of drug-likeness (QED) is 0.841. The predicted molar refractivity (Wildman–Crippen MR) is 90.8 cm³/mol. The van der Waals surface area contributed by atoms with Crippen LogP contribution in [0.15, 0.2) is 53.4 Å². The summed E-state index contributed by atoms with van der Waals surface area (Å²) in [6.07, 6.45) is 0. The van der Waals surface area contributed by atoms with Gasteiger partial charge in [-0.1, -0.05) is 13.8 Å². The van der Waals surface area contributed by atoms with E-state index in [9.17, 15) is 17.6 Å². The van der Waals surface area contributed by atoms with Crippen LogP contribution in [0.4, 0.5) is 10.1 Å². The van der Waals surface area contributed by atoms with Crippen LogP contribution in [0.1, 0.15) is 24.2 Å². The number of rotatable bonds is 6. The zero-order chi connectivity index (χ0) is 17.7. The van der Waals surface area contributed by atoms with Gasteiger partial charge in [-0.3, -0.25) is 9.52 Å². The number of halogens is 1. The van der Waals surface area contributed by atoms with Gasteiger partial charge in [0.25, 0.3) is 15.9 Å². The molecule has 0 aromatic heterocycles. The summed E-state index contributed by atoms with van der Waals surface area (Å²) in [5.74, 6) is -0.377. The molecule has 0 spiro atoms. The molecule has 24 heavy (non-hydrogen) atoms. The summed E-state index contributed by atoms with van der Waals surface area (Å²) in [6.45, 7) is 4.55. The van der Waals surface area contributed by atoms with E-state index in [1.807, 2.05) is 13.8 Å². The minimum atomic E-state index is -3.80. The van der Waals surface area contributed by atoms with Crippen LogP contribution in [0.25, 0.3) is 0 Å². The smallest absolute Gasteiger partial charge is 0.261 e. The number of hydrogen-bond acceptors (Lipinski definition) is 3. The van der Waals surface area contributed by atoms with E-state index in [0.29, 0.717) is 23.7 Å². The second kappa shape index (κ2) is 7.44. The van der Waals surface area contributed by atoms with Crippen molar-refractivity contribution >= 4 is 21.6 Å². The first kappa shape index (κ1) is 17.9. The third kappa shape index (κ3) is 4.79. The normalized spacial score (nSPS) is 11.3. The Balaban J connectivity index is 2.08. The largest absolute Gasteiger partial charge is 0.352 e. The van der Waals surface area contributed by atoms with Crippen molar-refractivity contribution in [3.63, 3.8) is 0 Å². The average Bonchev–Trinajstić information content (AvgIpc) is 2.53. The lowest BCUT2D eigenvalue weighted by atomic mass is 10.2. The van der Waals surface area contributed by atoms with Gasteiger partial charge in [0.2, 0.25) is 0 Å². The second-order valence-corrected chi connectivity index (χ2v) is 7.42. The van der Waals surface area contributed by atoms with E-state index >= 15 is 0 Å². The number of carbonyl (C=O) groups excluding carboxylic acids is 1. The Bertz CT molecular complexity index is 801. The topological polar surface area (TPSA) is 75.3 Å². The third-order valence-corrected chi connectivity index (χ3v) is 4.59. The van der Waals surface area contributed by atoms with Crippen molar-refractivity contribution in [3.8, 4) is 0 Å². The lowest BCUT2D eigenvalue weighted by Crippen LogP contribution is -2.27. The molecule has 2 aromatic carbocycles. The molecule has 0 heterocycles. The summed E-state index contributed by atoms with van der Waals surface area (Å²) in [6, 6.07) is 10.6. The molecule has 5 nitrogen and oxygen atoms in total. The Morgan fingerprint density at radius 2 is 1.62 bits per heavy atom. The van der Waals surface area contributed by atoms with Gasteiger partial charge in [0, 0.05) is 17.8 Å². The lowest BCUT2D eigenvalue weighted by molar-refractivity contribution is 0.0949. The minimum Gasteiger partial charge on any atom is -0.352 e. The first-order valence-electron chi connectivity index (χ1n) is 7.44. The molecule has 128 valence electrons. The summed E-state index contributed by atoms with van der Waals surface area (Å²) >= 11 is 0. The van der Waals surface area contributed by atoms with E-state index in [1.54, 1.807) is 0 Å². The van der Waals surface area contributed by atoms with Crippen LogP contribution in [-0.4, -0.2) is 20.9 Å². The van der Waals surface area contributed by atoms with Gasteiger partial charge in [0.15, 0.2) is 0 Å². The van der Waals surface area contributed by atoms with Gasteiger partial charge in [-0.2, -0.15) is 0 Å². The Morgan fingerprint density at radius 3 is 2.17 bits per heavy atom. The lowest BCUT2D eigenvalue weighted by Gasteiger charge is -2.10. The highest BCUT2D eigenvalue weighted by atomic mass is 32.2. The summed E-state index contributed by atoms with van der Waals surface area (Å²) in [7, 11) is -3.80. The molecule has 0 fully saturated rings. The molecule has 2 aromatic rings. The zero-order valence-corrected chi connectivity index (χ0v) is 14.2. The fourth-order valence-corrected chi connectivity index (χ4v) is 2.97. The van der Waals surface area contributed by atoms with Crippen LogP contribution in [0.2, 0.25) is 0 Å². The first-order valence-corrected chi connectivity index (χ1v) is 8.93. The highest BCUT2D eigenvalue weighted by molar-refractivity contribution is 7.92. The Kier molecular flexibility index (Phi) is 5.56. The number of nitrogens with one attached hydrogen (secondary N) is 2. The number of anilines is 1. The van der Waals surface area contributed by atoms with Crippen LogP contribution in [0.3, 0.4) is 0 Å². The van der Waals surface area contributed by atoms with Gasteiger partial charge in [0.05, 0.1) is 4.90 Å². The van der Waals surface area contributed by atoms with Crippen LogP contribution in [0, 0.1) is 11.7 Å². The van der Waals surface area contributed by atoms with Crippen molar-refractivity contribution < 1.29 is 17.6 Å². The van der Waals surface area contributed by atoms with Crippen molar-refractivity contribution in [1.82, 2.24) is 5.32 Å². The highest BCUT2D eigenvalue weighted by Crippen LogP contribution is 2.17. The molecule has 1 amide bonds. The van der Waals surface area contributed by atoms with Crippen molar-refractivity contribution in [1.29, 1.82) is 0 Å². The number of amides is 1. The van der Waals surface area contributed by atoms with E-state index in [2.05, 4.69) is 10.0 Å². The summed E-state index contributed by atoms with van der Waals surface area (Å²) in [4.78, 5) is 11.9. The predicted octanol–water partition coefficient (Wildman–Crippen LogP) is 3.01.